The third-order valence-electron chi connectivity index (χ3n) is 3.17. The molecule has 96 valence electrons. The van der Waals surface area contributed by atoms with Crippen LogP contribution in [-0.2, 0) is 4.79 Å². The highest BCUT2D eigenvalue weighted by Crippen LogP contribution is 2.27. The second-order valence-electron chi connectivity index (χ2n) is 4.33. The third-order valence-corrected chi connectivity index (χ3v) is 3.17. The fraction of sp³-hybridized carbons (Fsp3) is 0.385. The number of nitrogens with one attached hydrogen (secondary N) is 1. The second-order valence-corrected chi connectivity index (χ2v) is 4.33. The highest BCUT2D eigenvalue weighted by atomic mass is 19.1. The summed E-state index contributed by atoms with van der Waals surface area (Å²) in [7, 11) is 1.58. The van der Waals surface area contributed by atoms with Crippen LogP contribution in [0.25, 0.3) is 0 Å². The summed E-state index contributed by atoms with van der Waals surface area (Å²) in [6.45, 7) is 0.694. The van der Waals surface area contributed by atoms with Crippen LogP contribution in [0.1, 0.15) is 23.2 Å². The van der Waals surface area contributed by atoms with Gasteiger partial charge in [0.15, 0.2) is 0 Å². The number of aldehydes is 1. The molecule has 1 heterocycles. The molecule has 1 aliphatic rings. The van der Waals surface area contributed by atoms with Gasteiger partial charge < -0.3 is 10.2 Å². The zero-order valence-electron chi connectivity index (χ0n) is 10.1. The molecule has 0 aliphatic carbocycles. The lowest BCUT2D eigenvalue weighted by atomic mass is 10.1. The number of carbonyl (C=O) groups excluding carboxylic acids is 2. The molecule has 1 amide bonds. The highest BCUT2D eigenvalue weighted by molar-refractivity contribution is 5.86. The first-order chi connectivity index (χ1) is 8.65. The van der Waals surface area contributed by atoms with Gasteiger partial charge in [0.25, 0.3) is 0 Å². The highest BCUT2D eigenvalue weighted by Gasteiger charge is 2.30. The van der Waals surface area contributed by atoms with Crippen molar-refractivity contribution in [3.8, 4) is 0 Å². The van der Waals surface area contributed by atoms with Gasteiger partial charge in [0, 0.05) is 24.8 Å². The van der Waals surface area contributed by atoms with E-state index in [9.17, 15) is 14.0 Å². The van der Waals surface area contributed by atoms with E-state index in [0.717, 1.165) is 12.8 Å². The molecule has 0 aromatic heterocycles. The summed E-state index contributed by atoms with van der Waals surface area (Å²) in [5.74, 6) is -0.540. The number of likely N-dealkylation sites (N-methyl/N-ethyl adjacent to an activating group) is 1. The maximum Gasteiger partial charge on any atom is 0.242 e. The summed E-state index contributed by atoms with van der Waals surface area (Å²) in [4.78, 5) is 24.3. The lowest BCUT2D eigenvalue weighted by Gasteiger charge is -2.25. The Balaban J connectivity index is 2.32. The summed E-state index contributed by atoms with van der Waals surface area (Å²) >= 11 is 0. The smallest absolute Gasteiger partial charge is 0.242 e. The van der Waals surface area contributed by atoms with E-state index in [1.807, 2.05) is 4.90 Å². The van der Waals surface area contributed by atoms with Gasteiger partial charge in [-0.3, -0.25) is 9.59 Å². The van der Waals surface area contributed by atoms with Gasteiger partial charge in [0.05, 0.1) is 0 Å². The van der Waals surface area contributed by atoms with Crippen molar-refractivity contribution in [2.24, 2.45) is 0 Å². The second kappa shape index (κ2) is 5.16. The quantitative estimate of drug-likeness (QED) is 0.824. The minimum absolute atomic E-state index is 0.0792. The SMILES string of the molecule is CNC(=O)C1CCCN1c1cc(F)cc(C=O)c1. The average molecular weight is 250 g/mol. The lowest BCUT2D eigenvalue weighted by Crippen LogP contribution is -2.42. The van der Waals surface area contributed by atoms with Crippen LogP contribution in [-0.4, -0.2) is 31.8 Å². The molecule has 1 aromatic rings. The summed E-state index contributed by atoms with van der Waals surface area (Å²) in [6.07, 6.45) is 2.23. The number of rotatable bonds is 3. The molecule has 1 fully saturated rings. The van der Waals surface area contributed by atoms with Crippen molar-refractivity contribution in [3.05, 3.63) is 29.6 Å². The number of hydrogen-bond donors (Lipinski definition) is 1. The third kappa shape index (κ3) is 2.34. The number of benzene rings is 1. The van der Waals surface area contributed by atoms with Crippen LogP contribution in [0.2, 0.25) is 0 Å². The number of anilines is 1. The fourth-order valence-electron chi connectivity index (χ4n) is 2.35. The van der Waals surface area contributed by atoms with Gasteiger partial charge in [-0.05, 0) is 31.0 Å². The molecular weight excluding hydrogens is 235 g/mol. The van der Waals surface area contributed by atoms with E-state index in [1.165, 1.54) is 12.1 Å². The predicted octanol–water partition coefficient (Wildman–Crippen LogP) is 1.35. The van der Waals surface area contributed by atoms with Crippen molar-refractivity contribution >= 4 is 17.9 Å². The number of amides is 1. The van der Waals surface area contributed by atoms with E-state index in [0.29, 0.717) is 18.5 Å². The summed E-state index contributed by atoms with van der Waals surface area (Å²) in [5.41, 5.74) is 0.871. The maximum absolute atomic E-state index is 13.4. The molecule has 18 heavy (non-hydrogen) atoms. The number of nitrogens with zero attached hydrogens (tertiary/aromatic N) is 1. The zero-order valence-corrected chi connectivity index (χ0v) is 10.1. The maximum atomic E-state index is 13.4. The Labute approximate surface area is 105 Å². The minimum atomic E-state index is -0.461. The summed E-state index contributed by atoms with van der Waals surface area (Å²) < 4.78 is 13.4. The molecule has 0 spiro atoms. The Morgan fingerprint density at radius 1 is 1.50 bits per heavy atom. The number of halogens is 1. The van der Waals surface area contributed by atoms with Crippen molar-refractivity contribution in [2.75, 3.05) is 18.5 Å². The van der Waals surface area contributed by atoms with Crippen LogP contribution >= 0.6 is 0 Å². The van der Waals surface area contributed by atoms with Crippen molar-refractivity contribution in [2.45, 2.75) is 18.9 Å². The number of carbonyl (C=O) groups is 2. The molecule has 0 saturated carbocycles. The first-order valence-corrected chi connectivity index (χ1v) is 5.89. The first-order valence-electron chi connectivity index (χ1n) is 5.89. The van der Waals surface area contributed by atoms with E-state index in [1.54, 1.807) is 13.1 Å². The van der Waals surface area contributed by atoms with E-state index in [4.69, 9.17) is 0 Å². The van der Waals surface area contributed by atoms with Crippen LogP contribution in [0.4, 0.5) is 10.1 Å². The van der Waals surface area contributed by atoms with Gasteiger partial charge in [-0.25, -0.2) is 4.39 Å². The van der Waals surface area contributed by atoms with E-state index in [-0.39, 0.29) is 17.5 Å². The minimum Gasteiger partial charge on any atom is -0.359 e. The number of hydrogen-bond acceptors (Lipinski definition) is 3. The van der Waals surface area contributed by atoms with Gasteiger partial charge in [-0.15, -0.1) is 0 Å². The molecule has 1 aliphatic heterocycles. The lowest BCUT2D eigenvalue weighted by molar-refractivity contribution is -0.121. The molecule has 5 heteroatoms. The molecule has 1 aromatic carbocycles. The molecule has 2 rings (SSSR count). The van der Waals surface area contributed by atoms with Crippen molar-refractivity contribution in [1.29, 1.82) is 0 Å². The molecule has 1 atom stereocenters. The summed E-state index contributed by atoms with van der Waals surface area (Å²) in [5, 5.41) is 2.61. The van der Waals surface area contributed by atoms with Gasteiger partial charge >= 0.3 is 0 Å². The molecule has 0 radical (unpaired) electrons. The Hall–Kier alpha value is -1.91. The Bertz CT molecular complexity index is 476. The van der Waals surface area contributed by atoms with Crippen LogP contribution in [0.15, 0.2) is 18.2 Å². The van der Waals surface area contributed by atoms with Gasteiger partial charge in [-0.1, -0.05) is 0 Å². The standard InChI is InChI=1S/C13H15FN2O2/c1-15-13(18)12-3-2-4-16(12)11-6-9(8-17)5-10(14)7-11/h5-8,12H,2-4H2,1H3,(H,15,18). The summed E-state index contributed by atoms with van der Waals surface area (Å²) in [6, 6.07) is 3.86. The van der Waals surface area contributed by atoms with Crippen LogP contribution < -0.4 is 10.2 Å². The van der Waals surface area contributed by atoms with E-state index >= 15 is 0 Å². The monoisotopic (exact) mass is 250 g/mol. The van der Waals surface area contributed by atoms with Gasteiger partial charge in [0.1, 0.15) is 18.1 Å². The molecule has 4 nitrogen and oxygen atoms in total. The van der Waals surface area contributed by atoms with E-state index in [2.05, 4.69) is 5.32 Å². The van der Waals surface area contributed by atoms with Crippen molar-refractivity contribution in [3.63, 3.8) is 0 Å². The molecular formula is C13H15FN2O2. The first kappa shape index (κ1) is 12.5. The van der Waals surface area contributed by atoms with Crippen molar-refractivity contribution in [1.82, 2.24) is 5.32 Å². The molecule has 0 bridgehead atoms. The van der Waals surface area contributed by atoms with Crippen LogP contribution in [0, 0.1) is 5.82 Å². The van der Waals surface area contributed by atoms with Crippen LogP contribution in [0.3, 0.4) is 0 Å². The average Bonchev–Trinajstić information content (AvgIpc) is 2.86. The van der Waals surface area contributed by atoms with E-state index < -0.39 is 5.82 Å². The molecule has 1 N–H and O–H groups in total. The Kier molecular flexibility index (Phi) is 3.60. The normalized spacial score (nSPS) is 18.8. The van der Waals surface area contributed by atoms with Gasteiger partial charge in [-0.2, -0.15) is 0 Å². The molecule has 1 saturated heterocycles. The predicted molar refractivity (Wildman–Crippen MR) is 66.2 cm³/mol. The molecule has 1 unspecified atom stereocenters. The Morgan fingerprint density at radius 3 is 2.94 bits per heavy atom. The largest absolute Gasteiger partial charge is 0.359 e. The van der Waals surface area contributed by atoms with Gasteiger partial charge in [0.2, 0.25) is 5.91 Å². The fourth-order valence-corrected chi connectivity index (χ4v) is 2.35. The van der Waals surface area contributed by atoms with Crippen molar-refractivity contribution < 1.29 is 14.0 Å². The van der Waals surface area contributed by atoms with Crippen LogP contribution in [0.5, 0.6) is 0 Å². The topological polar surface area (TPSA) is 49.4 Å². The Morgan fingerprint density at radius 2 is 2.28 bits per heavy atom. The zero-order chi connectivity index (χ0) is 13.1.